The van der Waals surface area contributed by atoms with E-state index in [2.05, 4.69) is 0 Å². The number of carbonyl (C=O) groups is 2. The van der Waals surface area contributed by atoms with Crippen molar-refractivity contribution in [1.29, 1.82) is 0 Å². The smallest absolute Gasteiger partial charge is 0.258 e. The normalized spacial score (nSPS) is 16.9. The summed E-state index contributed by atoms with van der Waals surface area (Å²) in [5.74, 6) is 1.32. The number of ether oxygens (including phenoxy) is 4. The predicted octanol–water partition coefficient (Wildman–Crippen LogP) is 6.10. The highest BCUT2D eigenvalue weighted by Gasteiger charge is 2.24. The lowest BCUT2D eigenvalue weighted by atomic mass is 10.1. The Morgan fingerprint density at radius 2 is 0.955 bits per heavy atom. The SMILES string of the molecule is CN(C(=O)c1ccc2cc(OCC3CO3)ccc2c1)c1ccc(N(C)C(=O)c2ccc3cc(OCC4CO4)ccc3c2)cc1. The van der Waals surface area contributed by atoms with E-state index in [0.29, 0.717) is 24.3 Å². The molecule has 8 nitrogen and oxygen atoms in total. The Morgan fingerprint density at radius 3 is 1.34 bits per heavy atom. The van der Waals surface area contributed by atoms with Gasteiger partial charge in [-0.15, -0.1) is 0 Å². The number of hydrogen-bond acceptors (Lipinski definition) is 6. The summed E-state index contributed by atoms with van der Waals surface area (Å²) in [6.45, 7) is 2.61. The molecule has 2 fully saturated rings. The molecule has 2 heterocycles. The topological polar surface area (TPSA) is 84.1 Å². The lowest BCUT2D eigenvalue weighted by molar-refractivity contribution is 0.0985. The summed E-state index contributed by atoms with van der Waals surface area (Å²) in [4.78, 5) is 29.9. The van der Waals surface area contributed by atoms with Crippen molar-refractivity contribution in [3.63, 3.8) is 0 Å². The van der Waals surface area contributed by atoms with E-state index in [1.807, 2.05) is 97.1 Å². The molecule has 0 N–H and O–H groups in total. The fourth-order valence-corrected chi connectivity index (χ4v) is 5.12. The van der Waals surface area contributed by atoms with Crippen LogP contribution in [-0.2, 0) is 9.47 Å². The summed E-state index contributed by atoms with van der Waals surface area (Å²) < 4.78 is 22.0. The molecular weight excluding hydrogens is 556 g/mol. The van der Waals surface area contributed by atoms with Gasteiger partial charge in [0.1, 0.15) is 36.9 Å². The third kappa shape index (κ3) is 6.08. The van der Waals surface area contributed by atoms with Crippen LogP contribution in [0.5, 0.6) is 11.5 Å². The summed E-state index contributed by atoms with van der Waals surface area (Å²) in [7, 11) is 3.50. The summed E-state index contributed by atoms with van der Waals surface area (Å²) >= 11 is 0. The van der Waals surface area contributed by atoms with E-state index in [9.17, 15) is 9.59 Å². The lowest BCUT2D eigenvalue weighted by Gasteiger charge is -2.21. The molecule has 5 aromatic rings. The molecule has 0 aliphatic carbocycles. The summed E-state index contributed by atoms with van der Waals surface area (Å²) in [6, 6.07) is 30.4. The molecule has 44 heavy (non-hydrogen) atoms. The summed E-state index contributed by atoms with van der Waals surface area (Å²) in [5.41, 5.74) is 2.62. The number of epoxide rings is 2. The van der Waals surface area contributed by atoms with Crippen molar-refractivity contribution in [1.82, 2.24) is 0 Å². The van der Waals surface area contributed by atoms with Gasteiger partial charge in [0.2, 0.25) is 0 Å². The molecule has 222 valence electrons. The minimum absolute atomic E-state index is 0.124. The van der Waals surface area contributed by atoms with E-state index < -0.39 is 0 Å². The molecule has 2 amide bonds. The van der Waals surface area contributed by atoms with Crippen LogP contribution in [0.1, 0.15) is 20.7 Å². The van der Waals surface area contributed by atoms with Crippen LogP contribution >= 0.6 is 0 Å². The van der Waals surface area contributed by atoms with E-state index in [1.165, 1.54) is 0 Å². The molecule has 0 bridgehead atoms. The Balaban J connectivity index is 1.01. The molecule has 0 aromatic heterocycles. The molecule has 0 spiro atoms. The first-order chi connectivity index (χ1) is 21.4. The van der Waals surface area contributed by atoms with Crippen LogP contribution in [0.15, 0.2) is 97.1 Å². The Labute approximate surface area is 255 Å². The first-order valence-corrected chi connectivity index (χ1v) is 14.6. The van der Waals surface area contributed by atoms with Gasteiger partial charge >= 0.3 is 0 Å². The number of benzene rings is 5. The van der Waals surface area contributed by atoms with E-state index in [0.717, 1.165) is 57.6 Å². The van der Waals surface area contributed by atoms with Crippen molar-refractivity contribution in [3.05, 3.63) is 108 Å². The second kappa shape index (κ2) is 11.6. The Bertz CT molecular complexity index is 1730. The van der Waals surface area contributed by atoms with Crippen molar-refractivity contribution < 1.29 is 28.5 Å². The molecule has 2 unspecified atom stereocenters. The van der Waals surface area contributed by atoms with Crippen LogP contribution < -0.4 is 19.3 Å². The number of fused-ring (bicyclic) bond motifs is 2. The number of nitrogens with zero attached hydrogens (tertiary/aromatic N) is 2. The van der Waals surface area contributed by atoms with E-state index >= 15 is 0 Å². The van der Waals surface area contributed by atoms with Gasteiger partial charge in [0.15, 0.2) is 0 Å². The maximum Gasteiger partial charge on any atom is 0.258 e. The average molecular weight is 589 g/mol. The number of hydrogen-bond donors (Lipinski definition) is 0. The fourth-order valence-electron chi connectivity index (χ4n) is 5.12. The van der Waals surface area contributed by atoms with Gasteiger partial charge in [0, 0.05) is 36.6 Å². The monoisotopic (exact) mass is 588 g/mol. The van der Waals surface area contributed by atoms with E-state index in [-0.39, 0.29) is 24.0 Å². The molecule has 2 atom stereocenters. The molecule has 0 saturated carbocycles. The largest absolute Gasteiger partial charge is 0.491 e. The second-order valence-corrected chi connectivity index (χ2v) is 11.2. The highest BCUT2D eigenvalue weighted by atomic mass is 16.6. The zero-order valence-corrected chi connectivity index (χ0v) is 24.6. The van der Waals surface area contributed by atoms with Crippen LogP contribution in [0.25, 0.3) is 21.5 Å². The van der Waals surface area contributed by atoms with Crippen LogP contribution in [0, 0.1) is 0 Å². The van der Waals surface area contributed by atoms with Crippen molar-refractivity contribution in [3.8, 4) is 11.5 Å². The molecule has 7 rings (SSSR count). The van der Waals surface area contributed by atoms with Gasteiger partial charge in [-0.2, -0.15) is 0 Å². The third-order valence-corrected chi connectivity index (χ3v) is 8.03. The number of anilines is 2. The molecule has 0 radical (unpaired) electrons. The first-order valence-electron chi connectivity index (χ1n) is 14.6. The van der Waals surface area contributed by atoms with E-state index in [4.69, 9.17) is 18.9 Å². The van der Waals surface area contributed by atoms with Gasteiger partial charge in [-0.05, 0) is 94.3 Å². The van der Waals surface area contributed by atoms with Gasteiger partial charge < -0.3 is 28.7 Å². The predicted molar refractivity (Wildman–Crippen MR) is 170 cm³/mol. The molecule has 5 aromatic carbocycles. The molecular formula is C36H32N2O6. The zero-order valence-electron chi connectivity index (χ0n) is 24.6. The van der Waals surface area contributed by atoms with Crippen LogP contribution in [-0.4, -0.2) is 64.5 Å². The van der Waals surface area contributed by atoms with Gasteiger partial charge in [-0.25, -0.2) is 0 Å². The minimum Gasteiger partial charge on any atom is -0.491 e. The number of amides is 2. The highest BCUT2D eigenvalue weighted by molar-refractivity contribution is 6.09. The van der Waals surface area contributed by atoms with Crippen LogP contribution in [0.3, 0.4) is 0 Å². The number of rotatable bonds is 10. The maximum absolute atomic E-state index is 13.4. The van der Waals surface area contributed by atoms with Gasteiger partial charge in [0.05, 0.1) is 13.2 Å². The van der Waals surface area contributed by atoms with Gasteiger partial charge in [-0.1, -0.05) is 24.3 Å². The van der Waals surface area contributed by atoms with Crippen molar-refractivity contribution in [2.75, 3.05) is 50.3 Å². The lowest BCUT2D eigenvalue weighted by Crippen LogP contribution is -2.27. The maximum atomic E-state index is 13.4. The Kier molecular flexibility index (Phi) is 7.37. The average Bonchev–Trinajstić information content (AvgIpc) is 4.00. The number of carbonyl (C=O) groups excluding carboxylic acids is 2. The summed E-state index contributed by atoms with van der Waals surface area (Å²) in [6.07, 6.45) is 0.396. The van der Waals surface area contributed by atoms with Crippen LogP contribution in [0.2, 0.25) is 0 Å². The van der Waals surface area contributed by atoms with E-state index in [1.54, 1.807) is 23.9 Å². The second-order valence-electron chi connectivity index (χ2n) is 11.2. The van der Waals surface area contributed by atoms with Crippen LogP contribution in [0.4, 0.5) is 11.4 Å². The van der Waals surface area contributed by atoms with Crippen molar-refractivity contribution >= 4 is 44.7 Å². The molecule has 2 aliphatic heterocycles. The zero-order chi connectivity index (χ0) is 30.2. The molecule has 2 saturated heterocycles. The minimum atomic E-state index is -0.124. The first kappa shape index (κ1) is 27.9. The fraction of sp³-hybridized carbons (Fsp3) is 0.222. The molecule has 2 aliphatic rings. The Morgan fingerprint density at radius 1 is 0.591 bits per heavy atom. The highest BCUT2D eigenvalue weighted by Crippen LogP contribution is 2.27. The quantitative estimate of drug-likeness (QED) is 0.183. The van der Waals surface area contributed by atoms with Crippen molar-refractivity contribution in [2.24, 2.45) is 0 Å². The summed E-state index contributed by atoms with van der Waals surface area (Å²) in [5, 5.41) is 3.92. The third-order valence-electron chi connectivity index (χ3n) is 8.03. The van der Waals surface area contributed by atoms with Crippen molar-refractivity contribution in [2.45, 2.75) is 12.2 Å². The molecule has 8 heteroatoms. The van der Waals surface area contributed by atoms with Gasteiger partial charge in [-0.3, -0.25) is 9.59 Å². The Hall–Kier alpha value is -4.92. The van der Waals surface area contributed by atoms with Gasteiger partial charge in [0.25, 0.3) is 11.8 Å². The standard InChI is InChI=1S/C36H32N2O6/c1-37(35(39)27-5-3-25-17-31(13-7-23(25)15-27)41-19-33-21-43-33)29-9-11-30(12-10-29)38(2)36(40)28-6-4-26-18-32(14-8-24(26)16-28)42-20-34-22-44-34/h3-18,33-34H,19-22H2,1-2H3.